The van der Waals surface area contributed by atoms with E-state index in [9.17, 15) is 33.5 Å². The number of aliphatic hydroxyl groups is 2. The SMILES string of the molecule is O=C(NS(=O)(=O)c1ccc(NCC2OC(O)CC2O)c([N+](=O)[O-])c1)c1ccccc1. The Kier molecular flexibility index (Phi) is 6.31. The van der Waals surface area contributed by atoms with E-state index in [1.54, 1.807) is 18.2 Å². The number of carbonyl (C=O) groups is 1. The Morgan fingerprint density at radius 1 is 1.20 bits per heavy atom. The predicted octanol–water partition coefficient (Wildman–Crippen LogP) is 0.594. The van der Waals surface area contributed by atoms with Crippen molar-refractivity contribution in [1.82, 2.24) is 4.72 Å². The van der Waals surface area contributed by atoms with E-state index < -0.39 is 49.9 Å². The molecule has 0 aliphatic carbocycles. The zero-order valence-electron chi connectivity index (χ0n) is 15.5. The number of aliphatic hydroxyl groups excluding tert-OH is 2. The molecule has 30 heavy (non-hydrogen) atoms. The second-order valence-corrected chi connectivity index (χ2v) is 8.23. The molecule has 3 atom stereocenters. The Bertz CT molecular complexity index is 1040. The van der Waals surface area contributed by atoms with Gasteiger partial charge in [0.1, 0.15) is 11.8 Å². The van der Waals surface area contributed by atoms with Crippen molar-refractivity contribution in [2.24, 2.45) is 0 Å². The first-order valence-corrected chi connectivity index (χ1v) is 10.3. The molecule has 160 valence electrons. The second-order valence-electron chi connectivity index (χ2n) is 6.55. The number of nitrogens with zero attached hydrogens (tertiary/aromatic N) is 1. The van der Waals surface area contributed by atoms with Gasteiger partial charge >= 0.3 is 0 Å². The van der Waals surface area contributed by atoms with Gasteiger partial charge in [-0.15, -0.1) is 0 Å². The lowest BCUT2D eigenvalue weighted by molar-refractivity contribution is -0.384. The number of nitrogens with one attached hydrogen (secondary N) is 2. The van der Waals surface area contributed by atoms with Gasteiger partial charge in [-0.2, -0.15) is 0 Å². The number of sulfonamides is 1. The van der Waals surface area contributed by atoms with Crippen LogP contribution in [0.3, 0.4) is 0 Å². The number of nitro groups is 1. The molecule has 0 bridgehead atoms. The lowest BCUT2D eigenvalue weighted by Gasteiger charge is -2.16. The molecule has 2 aromatic carbocycles. The van der Waals surface area contributed by atoms with Crippen molar-refractivity contribution in [1.29, 1.82) is 0 Å². The third-order valence-corrected chi connectivity index (χ3v) is 5.77. The van der Waals surface area contributed by atoms with Crippen molar-refractivity contribution in [2.45, 2.75) is 29.8 Å². The lowest BCUT2D eigenvalue weighted by atomic mass is 10.2. The van der Waals surface area contributed by atoms with Crippen LogP contribution < -0.4 is 10.0 Å². The molecule has 1 aliphatic heterocycles. The molecule has 11 nitrogen and oxygen atoms in total. The van der Waals surface area contributed by atoms with E-state index in [0.717, 1.165) is 12.1 Å². The number of rotatable bonds is 7. The smallest absolute Gasteiger partial charge is 0.293 e. The molecular weight excluding hydrogens is 418 g/mol. The Morgan fingerprint density at radius 3 is 2.50 bits per heavy atom. The van der Waals surface area contributed by atoms with E-state index in [2.05, 4.69) is 5.32 Å². The highest BCUT2D eigenvalue weighted by molar-refractivity contribution is 7.90. The number of anilines is 1. The summed E-state index contributed by atoms with van der Waals surface area (Å²) in [6.45, 7) is -0.0457. The minimum atomic E-state index is -4.36. The summed E-state index contributed by atoms with van der Waals surface area (Å²) in [4.78, 5) is 22.3. The van der Waals surface area contributed by atoms with Crippen LogP contribution in [0.5, 0.6) is 0 Å². The van der Waals surface area contributed by atoms with E-state index in [4.69, 9.17) is 4.74 Å². The van der Waals surface area contributed by atoms with E-state index >= 15 is 0 Å². The van der Waals surface area contributed by atoms with Gasteiger partial charge in [-0.25, -0.2) is 13.1 Å². The minimum absolute atomic E-state index is 0.00877. The number of amides is 1. The third kappa shape index (κ3) is 4.91. The second kappa shape index (κ2) is 8.75. The Morgan fingerprint density at radius 2 is 1.90 bits per heavy atom. The number of hydrogen-bond acceptors (Lipinski definition) is 9. The highest BCUT2D eigenvalue weighted by Crippen LogP contribution is 2.28. The van der Waals surface area contributed by atoms with Gasteiger partial charge in [0.2, 0.25) is 0 Å². The Balaban J connectivity index is 1.78. The standard InChI is InChI=1S/C18H19N3O8S/c22-15-9-17(23)29-16(15)10-19-13-7-6-12(8-14(13)21(25)26)30(27,28)20-18(24)11-4-2-1-3-5-11/h1-8,15-17,19,22-23H,9-10H2,(H,20,24). The first-order chi connectivity index (χ1) is 14.2. The van der Waals surface area contributed by atoms with Crippen LogP contribution in [0.4, 0.5) is 11.4 Å². The Hall–Kier alpha value is -3.06. The molecule has 2 aromatic rings. The fourth-order valence-electron chi connectivity index (χ4n) is 2.91. The van der Waals surface area contributed by atoms with Crippen LogP contribution in [0.1, 0.15) is 16.8 Å². The summed E-state index contributed by atoms with van der Waals surface area (Å²) in [5.41, 5.74) is -0.435. The third-order valence-electron chi connectivity index (χ3n) is 4.44. The molecular formula is C18H19N3O8S. The normalized spacial score (nSPS) is 21.2. The fraction of sp³-hybridized carbons (Fsp3) is 0.278. The van der Waals surface area contributed by atoms with Crippen LogP contribution in [0.2, 0.25) is 0 Å². The Labute approximate surface area is 171 Å². The van der Waals surface area contributed by atoms with Gasteiger partial charge in [0.25, 0.3) is 21.6 Å². The maximum absolute atomic E-state index is 12.5. The molecule has 1 aliphatic rings. The molecule has 12 heteroatoms. The first-order valence-electron chi connectivity index (χ1n) is 8.83. The summed E-state index contributed by atoms with van der Waals surface area (Å²) in [6.07, 6.45) is -2.83. The predicted molar refractivity (Wildman–Crippen MR) is 104 cm³/mol. The zero-order valence-corrected chi connectivity index (χ0v) is 16.3. The van der Waals surface area contributed by atoms with E-state index in [1.807, 2.05) is 4.72 Å². The van der Waals surface area contributed by atoms with E-state index in [1.165, 1.54) is 18.2 Å². The first kappa shape index (κ1) is 21.6. The molecule has 1 fully saturated rings. The van der Waals surface area contributed by atoms with Gasteiger partial charge in [0.15, 0.2) is 6.29 Å². The van der Waals surface area contributed by atoms with Crippen molar-refractivity contribution in [3.63, 3.8) is 0 Å². The average molecular weight is 437 g/mol. The quantitative estimate of drug-likeness (QED) is 0.358. The van der Waals surface area contributed by atoms with Crippen molar-refractivity contribution in [3.05, 3.63) is 64.2 Å². The summed E-state index contributed by atoms with van der Waals surface area (Å²) in [7, 11) is -4.36. The largest absolute Gasteiger partial charge is 0.390 e. The summed E-state index contributed by atoms with van der Waals surface area (Å²) >= 11 is 0. The minimum Gasteiger partial charge on any atom is -0.390 e. The van der Waals surface area contributed by atoms with E-state index in [0.29, 0.717) is 0 Å². The van der Waals surface area contributed by atoms with Crippen molar-refractivity contribution in [3.8, 4) is 0 Å². The highest BCUT2D eigenvalue weighted by atomic mass is 32.2. The van der Waals surface area contributed by atoms with Crippen molar-refractivity contribution < 1.29 is 33.1 Å². The summed E-state index contributed by atoms with van der Waals surface area (Å²) in [6, 6.07) is 10.8. The van der Waals surface area contributed by atoms with Crippen LogP contribution in [0.15, 0.2) is 53.4 Å². The van der Waals surface area contributed by atoms with Gasteiger partial charge in [-0.1, -0.05) is 18.2 Å². The number of carbonyl (C=O) groups excluding carboxylic acids is 1. The molecule has 1 saturated heterocycles. The zero-order chi connectivity index (χ0) is 21.9. The topological polar surface area (TPSA) is 168 Å². The number of ether oxygens (including phenoxy) is 1. The molecule has 1 heterocycles. The molecule has 0 spiro atoms. The molecule has 0 radical (unpaired) electrons. The summed E-state index contributed by atoms with van der Waals surface area (Å²) in [5, 5.41) is 33.3. The summed E-state index contributed by atoms with van der Waals surface area (Å²) < 4.78 is 31.9. The monoisotopic (exact) mass is 437 g/mol. The average Bonchev–Trinajstić information content (AvgIpc) is 3.03. The van der Waals surface area contributed by atoms with Crippen molar-refractivity contribution in [2.75, 3.05) is 11.9 Å². The fourth-order valence-corrected chi connectivity index (χ4v) is 3.90. The van der Waals surface area contributed by atoms with Crippen LogP contribution in [-0.2, 0) is 14.8 Å². The van der Waals surface area contributed by atoms with Crippen LogP contribution in [0.25, 0.3) is 0 Å². The molecule has 4 N–H and O–H groups in total. The molecule has 0 aromatic heterocycles. The molecule has 1 amide bonds. The van der Waals surface area contributed by atoms with Gasteiger partial charge in [0, 0.05) is 24.6 Å². The lowest BCUT2D eigenvalue weighted by Crippen LogP contribution is -2.31. The van der Waals surface area contributed by atoms with Gasteiger partial charge in [0.05, 0.1) is 15.9 Å². The summed E-state index contributed by atoms with van der Waals surface area (Å²) in [5.74, 6) is -0.869. The number of benzene rings is 2. The van der Waals surface area contributed by atoms with E-state index in [-0.39, 0.29) is 24.2 Å². The molecule has 0 saturated carbocycles. The van der Waals surface area contributed by atoms with Crippen LogP contribution >= 0.6 is 0 Å². The van der Waals surface area contributed by atoms with Gasteiger partial charge in [-0.3, -0.25) is 14.9 Å². The number of hydrogen-bond donors (Lipinski definition) is 4. The molecule has 3 unspecified atom stereocenters. The van der Waals surface area contributed by atoms with Crippen molar-refractivity contribution >= 4 is 27.3 Å². The van der Waals surface area contributed by atoms with Gasteiger partial charge < -0.3 is 20.3 Å². The van der Waals surface area contributed by atoms with Crippen LogP contribution in [-0.4, -0.2) is 54.5 Å². The number of nitro benzene ring substituents is 1. The van der Waals surface area contributed by atoms with Crippen LogP contribution in [0, 0.1) is 10.1 Å². The van der Waals surface area contributed by atoms with Gasteiger partial charge in [-0.05, 0) is 24.3 Å². The maximum atomic E-state index is 12.5. The highest BCUT2D eigenvalue weighted by Gasteiger charge is 2.33. The maximum Gasteiger partial charge on any atom is 0.293 e. The molecule has 3 rings (SSSR count).